The van der Waals surface area contributed by atoms with Crippen LogP contribution in [-0.4, -0.2) is 11.7 Å². The van der Waals surface area contributed by atoms with Gasteiger partial charge in [-0.15, -0.1) is 0 Å². The zero-order chi connectivity index (χ0) is 6.69. The number of aliphatic hydroxyl groups is 1. The second kappa shape index (κ2) is 2.83. The van der Waals surface area contributed by atoms with E-state index in [4.69, 9.17) is 5.11 Å². The summed E-state index contributed by atoms with van der Waals surface area (Å²) >= 11 is 0. The Hall–Kier alpha value is -0.560. The van der Waals surface area contributed by atoms with E-state index in [-0.39, 0.29) is 6.61 Å². The van der Waals surface area contributed by atoms with Crippen LogP contribution in [0, 0.1) is 0 Å². The highest BCUT2D eigenvalue weighted by Gasteiger charge is 1.98. The highest BCUT2D eigenvalue weighted by atomic mass is 16.3. The lowest BCUT2D eigenvalue weighted by atomic mass is 10.0. The van der Waals surface area contributed by atoms with Gasteiger partial charge in [-0.3, -0.25) is 0 Å². The molecule has 0 aromatic carbocycles. The van der Waals surface area contributed by atoms with Gasteiger partial charge in [0.2, 0.25) is 0 Å². The lowest BCUT2D eigenvalue weighted by Crippen LogP contribution is -1.93. The number of allylic oxidation sites excluding steroid dienone is 3. The summed E-state index contributed by atoms with van der Waals surface area (Å²) in [4.78, 5) is 0. The van der Waals surface area contributed by atoms with Crippen LogP contribution in [0.3, 0.4) is 0 Å². The molecular weight excluding hydrogens is 112 g/mol. The van der Waals surface area contributed by atoms with Gasteiger partial charge in [0.1, 0.15) is 0 Å². The van der Waals surface area contributed by atoms with Gasteiger partial charge in [0.15, 0.2) is 0 Å². The molecule has 1 aliphatic carbocycles. The zero-order valence-corrected chi connectivity index (χ0v) is 5.72. The molecule has 0 atom stereocenters. The van der Waals surface area contributed by atoms with E-state index >= 15 is 0 Å². The molecule has 9 heavy (non-hydrogen) atoms. The van der Waals surface area contributed by atoms with E-state index in [2.05, 4.69) is 19.1 Å². The Bertz CT molecular complexity index is 154. The summed E-state index contributed by atoms with van der Waals surface area (Å²) in [5.41, 5.74) is 2.56. The second-order valence-corrected chi connectivity index (χ2v) is 2.48. The van der Waals surface area contributed by atoms with E-state index in [1.54, 1.807) is 0 Å². The summed E-state index contributed by atoms with van der Waals surface area (Å²) in [6, 6.07) is 0. The number of hydrogen-bond donors (Lipinski definition) is 1. The van der Waals surface area contributed by atoms with Crippen LogP contribution in [0.15, 0.2) is 23.3 Å². The molecule has 0 aromatic rings. The molecule has 0 bridgehead atoms. The van der Waals surface area contributed by atoms with Crippen LogP contribution in [0.4, 0.5) is 0 Å². The van der Waals surface area contributed by atoms with Crippen LogP contribution in [0.5, 0.6) is 0 Å². The molecular formula is C8H12O. The Morgan fingerprint density at radius 3 is 2.67 bits per heavy atom. The van der Waals surface area contributed by atoms with Gasteiger partial charge in [-0.05, 0) is 25.3 Å². The van der Waals surface area contributed by atoms with Gasteiger partial charge in [-0.1, -0.05) is 17.7 Å². The Morgan fingerprint density at radius 2 is 2.22 bits per heavy atom. The van der Waals surface area contributed by atoms with Gasteiger partial charge in [-0.2, -0.15) is 0 Å². The molecule has 50 valence electrons. The van der Waals surface area contributed by atoms with Gasteiger partial charge in [-0.25, -0.2) is 0 Å². The molecule has 1 heteroatoms. The van der Waals surface area contributed by atoms with Gasteiger partial charge >= 0.3 is 0 Å². The quantitative estimate of drug-likeness (QED) is 0.527. The fraction of sp³-hybridized carbons (Fsp3) is 0.500. The molecule has 1 rings (SSSR count). The second-order valence-electron chi connectivity index (χ2n) is 2.48. The topological polar surface area (TPSA) is 20.2 Å². The van der Waals surface area contributed by atoms with Crippen LogP contribution < -0.4 is 0 Å². The number of hydrogen-bond acceptors (Lipinski definition) is 1. The molecule has 0 saturated heterocycles. The molecule has 0 heterocycles. The summed E-state index contributed by atoms with van der Waals surface area (Å²) in [6.45, 7) is 2.34. The summed E-state index contributed by atoms with van der Waals surface area (Å²) in [6.07, 6.45) is 6.25. The normalized spacial score (nSPS) is 18.9. The first-order chi connectivity index (χ1) is 4.33. The van der Waals surface area contributed by atoms with Crippen LogP contribution in [0.25, 0.3) is 0 Å². The molecule has 0 aromatic heterocycles. The molecule has 0 unspecified atom stereocenters. The van der Waals surface area contributed by atoms with Gasteiger partial charge in [0.25, 0.3) is 0 Å². The molecule has 0 spiro atoms. The first kappa shape index (κ1) is 6.56. The van der Waals surface area contributed by atoms with Crippen molar-refractivity contribution in [1.29, 1.82) is 0 Å². The SMILES string of the molecule is CC1=CCC(CO)=CC1. The van der Waals surface area contributed by atoms with Crippen molar-refractivity contribution in [2.24, 2.45) is 0 Å². The van der Waals surface area contributed by atoms with E-state index in [0.29, 0.717) is 0 Å². The van der Waals surface area contributed by atoms with Crippen LogP contribution >= 0.6 is 0 Å². The molecule has 1 nitrogen and oxygen atoms in total. The van der Waals surface area contributed by atoms with Crippen molar-refractivity contribution < 1.29 is 5.11 Å². The Labute approximate surface area is 55.7 Å². The minimum atomic E-state index is 0.226. The molecule has 0 fully saturated rings. The largest absolute Gasteiger partial charge is 0.392 e. The Balaban J connectivity index is 2.48. The van der Waals surface area contributed by atoms with E-state index < -0.39 is 0 Å². The first-order valence-corrected chi connectivity index (χ1v) is 3.27. The van der Waals surface area contributed by atoms with Crippen molar-refractivity contribution >= 4 is 0 Å². The van der Waals surface area contributed by atoms with Crippen molar-refractivity contribution in [3.8, 4) is 0 Å². The van der Waals surface area contributed by atoms with Crippen LogP contribution in [-0.2, 0) is 0 Å². The third kappa shape index (κ3) is 1.68. The fourth-order valence-electron chi connectivity index (χ4n) is 0.906. The van der Waals surface area contributed by atoms with Crippen molar-refractivity contribution in [2.75, 3.05) is 6.61 Å². The first-order valence-electron chi connectivity index (χ1n) is 3.27. The summed E-state index contributed by atoms with van der Waals surface area (Å²) in [5.74, 6) is 0. The monoisotopic (exact) mass is 124 g/mol. The number of rotatable bonds is 1. The molecule has 1 N–H and O–H groups in total. The summed E-state index contributed by atoms with van der Waals surface area (Å²) in [5, 5.41) is 8.68. The van der Waals surface area contributed by atoms with Crippen molar-refractivity contribution in [3.63, 3.8) is 0 Å². The van der Waals surface area contributed by atoms with E-state index in [1.165, 1.54) is 5.57 Å². The highest BCUT2D eigenvalue weighted by molar-refractivity contribution is 5.20. The molecule has 0 saturated carbocycles. The van der Waals surface area contributed by atoms with Crippen molar-refractivity contribution in [2.45, 2.75) is 19.8 Å². The van der Waals surface area contributed by atoms with Gasteiger partial charge < -0.3 is 5.11 Å². The van der Waals surface area contributed by atoms with E-state index in [9.17, 15) is 0 Å². The molecule has 0 amide bonds. The lowest BCUT2D eigenvalue weighted by Gasteiger charge is -2.07. The molecule has 0 aliphatic heterocycles. The molecule has 1 aliphatic rings. The van der Waals surface area contributed by atoms with Crippen molar-refractivity contribution in [1.82, 2.24) is 0 Å². The Kier molecular flexibility index (Phi) is 2.06. The predicted octanol–water partition coefficient (Wildman–Crippen LogP) is 1.65. The zero-order valence-electron chi connectivity index (χ0n) is 5.72. The average molecular weight is 124 g/mol. The maximum Gasteiger partial charge on any atom is 0.0644 e. The predicted molar refractivity (Wildman–Crippen MR) is 38.2 cm³/mol. The van der Waals surface area contributed by atoms with E-state index in [0.717, 1.165) is 18.4 Å². The maximum absolute atomic E-state index is 8.68. The molecule has 0 radical (unpaired) electrons. The smallest absolute Gasteiger partial charge is 0.0644 e. The fourth-order valence-corrected chi connectivity index (χ4v) is 0.906. The maximum atomic E-state index is 8.68. The summed E-state index contributed by atoms with van der Waals surface area (Å²) in [7, 11) is 0. The van der Waals surface area contributed by atoms with Crippen LogP contribution in [0.1, 0.15) is 19.8 Å². The standard InChI is InChI=1S/C8H12O/c1-7-2-4-8(6-9)5-3-7/h2,5,9H,3-4,6H2,1H3. The third-order valence-corrected chi connectivity index (χ3v) is 1.63. The van der Waals surface area contributed by atoms with Crippen molar-refractivity contribution in [3.05, 3.63) is 23.3 Å². The Morgan fingerprint density at radius 1 is 1.44 bits per heavy atom. The average Bonchev–Trinajstić information content (AvgIpc) is 1.90. The van der Waals surface area contributed by atoms with Gasteiger partial charge in [0.05, 0.1) is 6.61 Å². The van der Waals surface area contributed by atoms with E-state index in [1.807, 2.05) is 0 Å². The summed E-state index contributed by atoms with van der Waals surface area (Å²) < 4.78 is 0. The minimum Gasteiger partial charge on any atom is -0.392 e. The lowest BCUT2D eigenvalue weighted by molar-refractivity contribution is 0.328. The van der Waals surface area contributed by atoms with Gasteiger partial charge in [0, 0.05) is 0 Å². The highest BCUT2D eigenvalue weighted by Crippen LogP contribution is 2.15. The van der Waals surface area contributed by atoms with Crippen LogP contribution in [0.2, 0.25) is 0 Å². The minimum absolute atomic E-state index is 0.226. The third-order valence-electron chi connectivity index (χ3n) is 1.63. The number of aliphatic hydroxyl groups excluding tert-OH is 1.